The summed E-state index contributed by atoms with van der Waals surface area (Å²) >= 11 is 0. The fourth-order valence-electron chi connectivity index (χ4n) is 2.54. The number of halogens is 1. The summed E-state index contributed by atoms with van der Waals surface area (Å²) in [5, 5.41) is 7.85. The molecule has 0 saturated carbocycles. The summed E-state index contributed by atoms with van der Waals surface area (Å²) in [7, 11) is 1.49. The van der Waals surface area contributed by atoms with E-state index in [-0.39, 0.29) is 28.7 Å². The molecule has 7 heteroatoms. The third-order valence-corrected chi connectivity index (χ3v) is 3.64. The highest BCUT2D eigenvalue weighted by atomic mass is 19.1. The van der Waals surface area contributed by atoms with Crippen LogP contribution in [0.5, 0.6) is 0 Å². The maximum Gasteiger partial charge on any atom is 0.254 e. The highest BCUT2D eigenvalue weighted by Crippen LogP contribution is 2.34. The van der Waals surface area contributed by atoms with Crippen LogP contribution in [-0.2, 0) is 0 Å². The van der Waals surface area contributed by atoms with Gasteiger partial charge in [0.05, 0.1) is 17.3 Å². The lowest BCUT2D eigenvalue weighted by atomic mass is 10.0. The third-order valence-electron chi connectivity index (χ3n) is 3.64. The van der Waals surface area contributed by atoms with Gasteiger partial charge in [0, 0.05) is 7.05 Å². The van der Waals surface area contributed by atoms with E-state index >= 15 is 0 Å². The summed E-state index contributed by atoms with van der Waals surface area (Å²) in [5.74, 6) is -1.07. The Morgan fingerprint density at radius 1 is 1.10 bits per heavy atom. The van der Waals surface area contributed by atoms with Crippen molar-refractivity contribution in [2.75, 3.05) is 17.7 Å². The van der Waals surface area contributed by atoms with Gasteiger partial charge in [0.15, 0.2) is 0 Å². The van der Waals surface area contributed by atoms with Crippen molar-refractivity contribution in [2.45, 2.75) is 13.0 Å². The van der Waals surface area contributed by atoms with Crippen molar-refractivity contribution in [3.63, 3.8) is 0 Å². The smallest absolute Gasteiger partial charge is 0.254 e. The molecule has 0 saturated heterocycles. The highest BCUT2D eigenvalue weighted by Gasteiger charge is 2.31. The topological polar surface area (TPSA) is 87.3 Å². The summed E-state index contributed by atoms with van der Waals surface area (Å²) in [6.45, 7) is 1.78. The third kappa shape index (κ3) is 1.74. The van der Waals surface area contributed by atoms with Gasteiger partial charge in [-0.1, -0.05) is 6.07 Å². The lowest BCUT2D eigenvalue weighted by molar-refractivity contribution is 0.0959. The molecule has 0 radical (unpaired) electrons. The molecule has 2 aromatic carbocycles. The van der Waals surface area contributed by atoms with Crippen LogP contribution in [0.15, 0.2) is 21.7 Å². The van der Waals surface area contributed by atoms with E-state index in [0.717, 1.165) is 0 Å². The lowest BCUT2D eigenvalue weighted by Gasteiger charge is -2.15. The van der Waals surface area contributed by atoms with Gasteiger partial charge >= 0.3 is 0 Å². The minimum absolute atomic E-state index is 0.0258. The average Bonchev–Trinajstić information content (AvgIpc) is 2.75. The highest BCUT2D eigenvalue weighted by molar-refractivity contribution is 6.05. The minimum Gasteiger partial charge on any atom is -0.383 e. The van der Waals surface area contributed by atoms with Crippen LogP contribution in [0, 0.1) is 5.82 Å². The van der Waals surface area contributed by atoms with Crippen molar-refractivity contribution in [2.24, 2.45) is 0 Å². The number of hydrogen-bond donors (Lipinski definition) is 3. The Bertz CT molecular complexity index is 837. The maximum absolute atomic E-state index is 14.0. The van der Waals surface area contributed by atoms with Gasteiger partial charge in [0.2, 0.25) is 0 Å². The normalized spacial score (nSPS) is 16.7. The van der Waals surface area contributed by atoms with Crippen LogP contribution < -0.4 is 26.8 Å². The van der Waals surface area contributed by atoms with Crippen LogP contribution >= 0.6 is 0 Å². The largest absolute Gasteiger partial charge is 0.383 e. The van der Waals surface area contributed by atoms with Gasteiger partial charge in [0.1, 0.15) is 17.2 Å². The van der Waals surface area contributed by atoms with E-state index in [0.29, 0.717) is 5.56 Å². The van der Waals surface area contributed by atoms with Crippen molar-refractivity contribution in [3.8, 4) is 0 Å². The summed E-state index contributed by atoms with van der Waals surface area (Å²) in [4.78, 5) is 34.8. The molecule has 1 aliphatic heterocycles. The second kappa shape index (κ2) is 4.41. The first-order chi connectivity index (χ1) is 9.95. The van der Waals surface area contributed by atoms with Gasteiger partial charge in [-0.3, -0.25) is 14.4 Å². The van der Waals surface area contributed by atoms with Crippen molar-refractivity contribution < 1.29 is 9.18 Å². The Hall–Kier alpha value is -2.70. The van der Waals surface area contributed by atoms with Gasteiger partial charge in [-0.15, -0.1) is 0 Å². The molecule has 0 spiro atoms. The zero-order valence-corrected chi connectivity index (χ0v) is 11.3. The van der Waals surface area contributed by atoms with E-state index < -0.39 is 22.6 Å². The molecule has 1 amide bonds. The van der Waals surface area contributed by atoms with Crippen molar-refractivity contribution in [1.29, 1.82) is 0 Å². The average molecular weight is 289 g/mol. The molecule has 2 aromatic rings. The van der Waals surface area contributed by atoms with Crippen LogP contribution in [0.2, 0.25) is 0 Å². The van der Waals surface area contributed by atoms with E-state index in [9.17, 15) is 18.8 Å². The Kier molecular flexibility index (Phi) is 2.79. The number of carbonyl (C=O) groups excluding carboxylic acids is 1. The quantitative estimate of drug-likeness (QED) is 0.734. The van der Waals surface area contributed by atoms with Crippen LogP contribution in [0.25, 0.3) is 0 Å². The molecule has 1 unspecified atom stereocenters. The fourth-order valence-corrected chi connectivity index (χ4v) is 2.54. The first kappa shape index (κ1) is 13.3. The summed E-state index contributed by atoms with van der Waals surface area (Å²) in [5.41, 5.74) is -0.608. The van der Waals surface area contributed by atoms with Crippen LogP contribution in [0.1, 0.15) is 28.9 Å². The SMILES string of the molecule is CNc1c(Nc2c(F)ccc3c2C(=O)NC3C)c(=O)c1=O. The summed E-state index contributed by atoms with van der Waals surface area (Å²) in [6, 6.07) is 2.52. The Balaban J connectivity index is 2.13. The molecule has 21 heavy (non-hydrogen) atoms. The summed E-state index contributed by atoms with van der Waals surface area (Å²) in [6.07, 6.45) is 0. The summed E-state index contributed by atoms with van der Waals surface area (Å²) < 4.78 is 14.0. The van der Waals surface area contributed by atoms with Crippen LogP contribution in [0.4, 0.5) is 21.5 Å². The number of nitrogens with one attached hydrogen (secondary N) is 3. The second-order valence-electron chi connectivity index (χ2n) is 4.87. The maximum atomic E-state index is 14.0. The van der Waals surface area contributed by atoms with Gasteiger partial charge in [-0.25, -0.2) is 4.39 Å². The Labute approximate surface area is 118 Å². The minimum atomic E-state index is -0.734. The van der Waals surface area contributed by atoms with Crippen molar-refractivity contribution >= 4 is 23.0 Å². The second-order valence-corrected chi connectivity index (χ2v) is 4.87. The first-order valence-electron chi connectivity index (χ1n) is 6.37. The van der Waals surface area contributed by atoms with E-state index in [2.05, 4.69) is 16.0 Å². The van der Waals surface area contributed by atoms with Gasteiger partial charge < -0.3 is 16.0 Å². The van der Waals surface area contributed by atoms with E-state index in [4.69, 9.17) is 0 Å². The number of carbonyl (C=O) groups is 1. The van der Waals surface area contributed by atoms with Crippen molar-refractivity contribution in [1.82, 2.24) is 5.32 Å². The number of hydrogen-bond acceptors (Lipinski definition) is 5. The Morgan fingerprint density at radius 3 is 2.43 bits per heavy atom. The van der Waals surface area contributed by atoms with Crippen LogP contribution in [-0.4, -0.2) is 13.0 Å². The van der Waals surface area contributed by atoms with Gasteiger partial charge in [-0.2, -0.15) is 0 Å². The van der Waals surface area contributed by atoms with Gasteiger partial charge in [-0.05, 0) is 18.6 Å². The molecule has 1 heterocycles. The fraction of sp³-hybridized carbons (Fsp3) is 0.214. The number of amides is 1. The predicted octanol–water partition coefficient (Wildman–Crippen LogP) is 1.01. The van der Waals surface area contributed by atoms with Crippen LogP contribution in [0.3, 0.4) is 0 Å². The zero-order valence-electron chi connectivity index (χ0n) is 11.3. The number of anilines is 3. The lowest BCUT2D eigenvalue weighted by Crippen LogP contribution is -2.36. The predicted molar refractivity (Wildman–Crippen MR) is 76.5 cm³/mol. The molecule has 3 N–H and O–H groups in total. The zero-order chi connectivity index (χ0) is 15.3. The van der Waals surface area contributed by atoms with E-state index in [1.807, 2.05) is 0 Å². The van der Waals surface area contributed by atoms with Gasteiger partial charge in [0.25, 0.3) is 16.8 Å². The molecular formula is C14H12FN3O3. The molecule has 0 bridgehead atoms. The molecule has 1 aliphatic rings. The molecular weight excluding hydrogens is 277 g/mol. The first-order valence-corrected chi connectivity index (χ1v) is 6.37. The molecule has 0 aliphatic carbocycles. The van der Waals surface area contributed by atoms with E-state index in [1.165, 1.54) is 19.2 Å². The molecule has 3 rings (SSSR count). The Morgan fingerprint density at radius 2 is 1.76 bits per heavy atom. The molecule has 108 valence electrons. The monoisotopic (exact) mass is 289 g/mol. The number of fused-ring (bicyclic) bond motifs is 1. The molecule has 0 fully saturated rings. The molecule has 1 atom stereocenters. The molecule has 6 nitrogen and oxygen atoms in total. The van der Waals surface area contributed by atoms with E-state index in [1.54, 1.807) is 6.92 Å². The van der Waals surface area contributed by atoms with Crippen molar-refractivity contribution in [3.05, 3.63) is 49.5 Å². The number of benzene rings is 1. The standard InChI is InChI=1S/C14H12FN3O3/c1-5-6-3-4-7(15)9(8(6)14(21)17-5)18-11-10(16-2)12(19)13(11)20/h3-5,16,18H,1-2H3,(H,17,21). The number of rotatable bonds is 3. The molecule has 0 aromatic heterocycles.